The molecule has 3 aliphatic heterocycles. The zero-order chi connectivity index (χ0) is 28.4. The summed E-state index contributed by atoms with van der Waals surface area (Å²) < 4.78 is 0. The van der Waals surface area contributed by atoms with Crippen molar-refractivity contribution in [3.8, 4) is 0 Å². The Labute approximate surface area is 240 Å². The van der Waals surface area contributed by atoms with Gasteiger partial charge in [0.15, 0.2) is 11.6 Å². The lowest BCUT2D eigenvalue weighted by Crippen LogP contribution is -2.51. The Morgan fingerprint density at radius 1 is 1.02 bits per heavy atom. The van der Waals surface area contributed by atoms with Crippen molar-refractivity contribution in [2.75, 3.05) is 10.2 Å². The molecule has 6 rings (SSSR count). The normalized spacial score (nSPS) is 24.5. The average molecular weight is 553 g/mol. The van der Waals surface area contributed by atoms with Gasteiger partial charge < -0.3 is 10.2 Å². The molecule has 0 aliphatic carbocycles. The van der Waals surface area contributed by atoms with E-state index in [-0.39, 0.29) is 17.5 Å². The first kappa shape index (κ1) is 26.5. The first-order valence-electron chi connectivity index (χ1n) is 13.9. The number of rotatable bonds is 5. The highest BCUT2D eigenvalue weighted by Crippen LogP contribution is 2.58. The van der Waals surface area contributed by atoms with Gasteiger partial charge >= 0.3 is 0 Å². The molecule has 1 amide bonds. The van der Waals surface area contributed by atoms with E-state index in [1.54, 1.807) is 6.07 Å². The number of aryl methyl sites for hydroxylation is 1. The highest BCUT2D eigenvalue weighted by Gasteiger charge is 2.70. The number of nitrogens with one attached hydrogen (secondary N) is 1. The van der Waals surface area contributed by atoms with Gasteiger partial charge in [-0.05, 0) is 47.4 Å². The summed E-state index contributed by atoms with van der Waals surface area (Å²) in [5, 5.41) is 3.65. The summed E-state index contributed by atoms with van der Waals surface area (Å²) in [6.07, 6.45) is 5.86. The summed E-state index contributed by atoms with van der Waals surface area (Å²) in [5.41, 5.74) is 2.69. The molecule has 4 atom stereocenters. The number of amides is 1. The fraction of sp³-hybridized carbons (Fsp3) is 0.324. The van der Waals surface area contributed by atoms with Crippen LogP contribution < -0.4 is 10.2 Å². The average Bonchev–Trinajstić information content (AvgIpc) is 3.40. The number of Topliss-reactive ketones (excluding diaryl/α,β-unsaturated/α-hetero) is 2. The number of hydrogen-bond acceptors (Lipinski definition) is 4. The second-order valence-electron chi connectivity index (χ2n) is 12.1. The van der Waals surface area contributed by atoms with Crippen LogP contribution in [0.5, 0.6) is 0 Å². The van der Waals surface area contributed by atoms with Crippen molar-refractivity contribution in [2.24, 2.45) is 11.3 Å². The smallest absolute Gasteiger partial charge is 0.238 e. The van der Waals surface area contributed by atoms with E-state index in [1.165, 1.54) is 0 Å². The van der Waals surface area contributed by atoms with Crippen LogP contribution in [-0.4, -0.2) is 29.6 Å². The standard InChI is InChI=1S/C34H33ClN2O3/c1-5-8-20-11-13-21(14-12-20)30(38)28-29(31(39)33(2,3)4)37-26-17-16-23(35)19-22(26)15-18-27(37)34(28)24-9-6-7-10-25(24)36-32(34)40/h6-7,9-19,27-29H,5,8H2,1-4H3,(H,36,40)/t27-,28+,29+,34+/m1/s1. The summed E-state index contributed by atoms with van der Waals surface area (Å²) in [4.78, 5) is 45.6. The summed E-state index contributed by atoms with van der Waals surface area (Å²) in [5.74, 6) is -1.48. The first-order chi connectivity index (χ1) is 19.1. The van der Waals surface area contributed by atoms with Gasteiger partial charge in [0.2, 0.25) is 5.91 Å². The summed E-state index contributed by atoms with van der Waals surface area (Å²) >= 11 is 6.36. The molecule has 0 unspecified atom stereocenters. The number of nitrogens with zero attached hydrogens (tertiary/aromatic N) is 1. The molecule has 0 saturated carbocycles. The number of halogens is 1. The van der Waals surface area contributed by atoms with E-state index in [4.69, 9.17) is 11.6 Å². The number of carbonyl (C=O) groups excluding carboxylic acids is 3. The van der Waals surface area contributed by atoms with Gasteiger partial charge in [0, 0.05) is 27.4 Å². The molecule has 0 radical (unpaired) electrons. The molecule has 0 bridgehead atoms. The second kappa shape index (κ2) is 9.45. The van der Waals surface area contributed by atoms with Gasteiger partial charge in [-0.3, -0.25) is 14.4 Å². The molecule has 3 heterocycles. The fourth-order valence-corrected chi connectivity index (χ4v) is 7.08. The molecule has 1 N–H and O–H groups in total. The largest absolute Gasteiger partial charge is 0.352 e. The molecule has 1 saturated heterocycles. The van der Waals surface area contributed by atoms with Crippen LogP contribution in [0.1, 0.15) is 61.2 Å². The van der Waals surface area contributed by atoms with Crippen LogP contribution in [-0.2, 0) is 21.4 Å². The maximum absolute atomic E-state index is 14.8. The number of benzene rings is 3. The fourth-order valence-electron chi connectivity index (χ4n) is 6.90. The van der Waals surface area contributed by atoms with E-state index in [9.17, 15) is 14.4 Å². The first-order valence-corrected chi connectivity index (χ1v) is 14.3. The highest BCUT2D eigenvalue weighted by molar-refractivity contribution is 6.31. The minimum absolute atomic E-state index is 0.0799. The third-order valence-electron chi connectivity index (χ3n) is 8.66. The Balaban J connectivity index is 1.64. The molecule has 40 heavy (non-hydrogen) atoms. The maximum Gasteiger partial charge on any atom is 0.238 e. The van der Waals surface area contributed by atoms with E-state index >= 15 is 0 Å². The van der Waals surface area contributed by atoms with Crippen molar-refractivity contribution < 1.29 is 14.4 Å². The van der Waals surface area contributed by atoms with Crippen molar-refractivity contribution in [1.29, 1.82) is 0 Å². The number of ketones is 2. The summed E-state index contributed by atoms with van der Waals surface area (Å²) in [7, 11) is 0. The highest BCUT2D eigenvalue weighted by atomic mass is 35.5. The Kier molecular flexibility index (Phi) is 6.26. The number of anilines is 2. The molecule has 6 heteroatoms. The lowest BCUT2D eigenvalue weighted by atomic mass is 9.63. The molecule has 1 spiro atoms. The zero-order valence-electron chi connectivity index (χ0n) is 23.2. The quantitative estimate of drug-likeness (QED) is 0.350. The molecular weight excluding hydrogens is 520 g/mol. The van der Waals surface area contributed by atoms with Crippen LogP contribution in [0.2, 0.25) is 5.02 Å². The number of para-hydroxylation sites is 1. The van der Waals surface area contributed by atoms with E-state index in [2.05, 4.69) is 12.2 Å². The monoisotopic (exact) mass is 552 g/mol. The van der Waals surface area contributed by atoms with Gasteiger partial charge in [-0.15, -0.1) is 0 Å². The second-order valence-corrected chi connectivity index (χ2v) is 12.6. The van der Waals surface area contributed by atoms with Crippen molar-refractivity contribution >= 4 is 46.5 Å². The molecule has 3 aromatic rings. The van der Waals surface area contributed by atoms with Crippen LogP contribution in [0.15, 0.2) is 72.8 Å². The van der Waals surface area contributed by atoms with Gasteiger partial charge in [0.05, 0.1) is 12.0 Å². The van der Waals surface area contributed by atoms with E-state index in [1.807, 2.05) is 98.5 Å². The van der Waals surface area contributed by atoms with Gasteiger partial charge in [0.1, 0.15) is 11.5 Å². The van der Waals surface area contributed by atoms with Crippen molar-refractivity contribution in [3.05, 3.63) is 100 Å². The van der Waals surface area contributed by atoms with Crippen molar-refractivity contribution in [1.82, 2.24) is 0 Å². The zero-order valence-corrected chi connectivity index (χ0v) is 24.0. The van der Waals surface area contributed by atoms with Crippen LogP contribution >= 0.6 is 11.6 Å². The number of carbonyl (C=O) groups is 3. The van der Waals surface area contributed by atoms with Gasteiger partial charge in [-0.1, -0.05) is 100 Å². The van der Waals surface area contributed by atoms with Crippen LogP contribution in [0.4, 0.5) is 11.4 Å². The number of fused-ring (bicyclic) bond motifs is 6. The Morgan fingerprint density at radius 3 is 2.45 bits per heavy atom. The lowest BCUT2D eigenvalue weighted by Gasteiger charge is -2.38. The molecule has 3 aliphatic rings. The van der Waals surface area contributed by atoms with E-state index < -0.39 is 28.8 Å². The minimum Gasteiger partial charge on any atom is -0.352 e. The van der Waals surface area contributed by atoms with E-state index in [0.717, 1.165) is 35.2 Å². The maximum atomic E-state index is 14.8. The summed E-state index contributed by atoms with van der Waals surface area (Å²) in [6, 6.07) is 19.4. The Bertz CT molecular complexity index is 1570. The van der Waals surface area contributed by atoms with Crippen molar-refractivity contribution in [3.63, 3.8) is 0 Å². The third kappa shape index (κ3) is 3.78. The minimum atomic E-state index is -1.30. The van der Waals surface area contributed by atoms with Crippen molar-refractivity contribution in [2.45, 2.75) is 58.0 Å². The van der Waals surface area contributed by atoms with E-state index in [0.29, 0.717) is 16.3 Å². The van der Waals surface area contributed by atoms with Crippen LogP contribution in [0, 0.1) is 11.3 Å². The molecule has 1 fully saturated rings. The van der Waals surface area contributed by atoms with Gasteiger partial charge in [0.25, 0.3) is 0 Å². The lowest BCUT2D eigenvalue weighted by molar-refractivity contribution is -0.128. The SMILES string of the molecule is CCCc1ccc(C(=O)[C@@H]2[C@@H](C(=O)C(C)(C)C)N3c4ccc(Cl)cc4C=C[C@@H]3[C@]23C(=O)Nc2ccccc23)cc1. The predicted molar refractivity (Wildman–Crippen MR) is 160 cm³/mol. The summed E-state index contributed by atoms with van der Waals surface area (Å²) in [6.45, 7) is 7.75. The molecule has 3 aromatic carbocycles. The molecular formula is C34H33ClN2O3. The predicted octanol–water partition coefficient (Wildman–Crippen LogP) is 6.88. The van der Waals surface area contributed by atoms with Gasteiger partial charge in [-0.2, -0.15) is 0 Å². The third-order valence-corrected chi connectivity index (χ3v) is 8.90. The molecule has 0 aromatic heterocycles. The Morgan fingerprint density at radius 2 is 1.75 bits per heavy atom. The van der Waals surface area contributed by atoms with Crippen LogP contribution in [0.25, 0.3) is 6.08 Å². The Hall–Kier alpha value is -3.70. The van der Waals surface area contributed by atoms with Gasteiger partial charge in [-0.25, -0.2) is 0 Å². The topological polar surface area (TPSA) is 66.5 Å². The number of hydrogen-bond donors (Lipinski definition) is 1. The molecule has 5 nitrogen and oxygen atoms in total. The van der Waals surface area contributed by atoms with Crippen LogP contribution in [0.3, 0.4) is 0 Å². The molecule has 204 valence electrons.